The van der Waals surface area contributed by atoms with E-state index in [0.717, 1.165) is 49.5 Å². The number of benzene rings is 5. The third-order valence-electron chi connectivity index (χ3n) is 7.10. The zero-order valence-electron chi connectivity index (χ0n) is 21.1. The topological polar surface area (TPSA) is 47.3 Å². The van der Waals surface area contributed by atoms with Crippen molar-refractivity contribution in [2.24, 2.45) is 0 Å². The molecule has 0 spiro atoms. The first kappa shape index (κ1) is 23.3. The lowest BCUT2D eigenvalue weighted by Gasteiger charge is -2.20. The Balaban J connectivity index is 1.50. The summed E-state index contributed by atoms with van der Waals surface area (Å²) in [5.41, 5.74) is 5.65. The molecule has 0 aliphatic rings. The molecule has 7 aromatic rings. The quantitative estimate of drug-likeness (QED) is 0.233. The number of rotatable bonds is 5. The highest BCUT2D eigenvalue weighted by molar-refractivity contribution is 7.85. The molecule has 0 saturated heterocycles. The summed E-state index contributed by atoms with van der Waals surface area (Å²) in [7, 11) is -3.12. The third-order valence-corrected chi connectivity index (χ3v) is 10.2. The van der Waals surface area contributed by atoms with Crippen LogP contribution in [-0.4, -0.2) is 14.4 Å². The number of aromatic nitrogens is 3. The SMILES string of the molecule is O=P(c1ccccc1)(c1ccccc1)c1ccc2c(c1)nc1nc(-c3ccccc3)cc(-c3ccccc3)n12. The lowest BCUT2D eigenvalue weighted by molar-refractivity contribution is 0.592. The Bertz CT molecular complexity index is 1930. The summed E-state index contributed by atoms with van der Waals surface area (Å²) < 4.78 is 17.0. The van der Waals surface area contributed by atoms with Gasteiger partial charge in [0.1, 0.15) is 0 Å². The average Bonchev–Trinajstić information content (AvgIpc) is 3.40. The molecule has 0 atom stereocenters. The Morgan fingerprint density at radius 3 is 1.64 bits per heavy atom. The molecular formula is C34H24N3OP. The first-order chi connectivity index (χ1) is 19.2. The van der Waals surface area contributed by atoms with Crippen molar-refractivity contribution in [1.29, 1.82) is 0 Å². The van der Waals surface area contributed by atoms with Crippen LogP contribution < -0.4 is 15.9 Å². The molecule has 0 aliphatic carbocycles. The molecular weight excluding hydrogens is 497 g/mol. The van der Waals surface area contributed by atoms with Crippen LogP contribution in [0, 0.1) is 0 Å². The van der Waals surface area contributed by atoms with Crippen LogP contribution in [0.15, 0.2) is 146 Å². The lowest BCUT2D eigenvalue weighted by atomic mass is 10.1. The van der Waals surface area contributed by atoms with Crippen LogP contribution in [-0.2, 0) is 4.57 Å². The van der Waals surface area contributed by atoms with Crippen molar-refractivity contribution in [1.82, 2.24) is 14.4 Å². The minimum atomic E-state index is -3.12. The summed E-state index contributed by atoms with van der Waals surface area (Å²) in [6.07, 6.45) is 0. The second kappa shape index (κ2) is 9.50. The largest absolute Gasteiger partial charge is 0.309 e. The minimum absolute atomic E-state index is 0.608. The first-order valence-corrected chi connectivity index (χ1v) is 14.6. The third kappa shape index (κ3) is 3.98. The molecule has 0 saturated carbocycles. The number of fused-ring (bicyclic) bond motifs is 3. The summed E-state index contributed by atoms with van der Waals surface area (Å²) >= 11 is 0. The maximum absolute atomic E-state index is 15.0. The summed E-state index contributed by atoms with van der Waals surface area (Å²) in [4.78, 5) is 9.94. The molecule has 0 bridgehead atoms. The predicted octanol–water partition coefficient (Wildman–Crippen LogP) is 6.86. The van der Waals surface area contributed by atoms with Gasteiger partial charge in [0.2, 0.25) is 5.78 Å². The Hall–Kier alpha value is -4.79. The van der Waals surface area contributed by atoms with Crippen LogP contribution in [0.25, 0.3) is 39.3 Å². The molecule has 4 nitrogen and oxygen atoms in total. The lowest BCUT2D eigenvalue weighted by Crippen LogP contribution is -2.24. The number of nitrogens with zero attached hydrogens (tertiary/aromatic N) is 3. The van der Waals surface area contributed by atoms with Gasteiger partial charge in [-0.3, -0.25) is 4.40 Å². The van der Waals surface area contributed by atoms with E-state index >= 15 is 0 Å². The van der Waals surface area contributed by atoms with Crippen molar-refractivity contribution in [3.05, 3.63) is 146 Å². The summed E-state index contributed by atoms with van der Waals surface area (Å²) in [6, 6.07) is 48.0. The maximum Gasteiger partial charge on any atom is 0.235 e. The second-order valence-electron chi connectivity index (χ2n) is 9.46. The Kier molecular flexibility index (Phi) is 5.69. The summed E-state index contributed by atoms with van der Waals surface area (Å²) in [6.45, 7) is 0. The molecule has 0 aliphatic heterocycles. The van der Waals surface area contributed by atoms with Crippen LogP contribution in [0.3, 0.4) is 0 Å². The summed E-state index contributed by atoms with van der Waals surface area (Å²) in [5, 5.41) is 2.35. The van der Waals surface area contributed by atoms with Gasteiger partial charge < -0.3 is 4.57 Å². The Morgan fingerprint density at radius 1 is 0.513 bits per heavy atom. The molecule has 39 heavy (non-hydrogen) atoms. The van der Waals surface area contributed by atoms with Crippen LogP contribution in [0.5, 0.6) is 0 Å². The molecule has 2 heterocycles. The highest BCUT2D eigenvalue weighted by atomic mass is 31.2. The highest BCUT2D eigenvalue weighted by Gasteiger charge is 2.30. The van der Waals surface area contributed by atoms with Crippen LogP contribution in [0.1, 0.15) is 0 Å². The number of hydrogen-bond acceptors (Lipinski definition) is 3. The van der Waals surface area contributed by atoms with E-state index < -0.39 is 7.14 Å². The molecule has 2 aromatic heterocycles. The van der Waals surface area contributed by atoms with Gasteiger partial charge in [0, 0.05) is 21.5 Å². The van der Waals surface area contributed by atoms with E-state index in [1.165, 1.54) is 0 Å². The molecule has 186 valence electrons. The van der Waals surface area contributed by atoms with Crippen molar-refractivity contribution >= 4 is 39.9 Å². The monoisotopic (exact) mass is 521 g/mol. The van der Waals surface area contributed by atoms with Gasteiger partial charge >= 0.3 is 0 Å². The molecule has 0 amide bonds. The van der Waals surface area contributed by atoms with E-state index in [-0.39, 0.29) is 0 Å². The zero-order valence-corrected chi connectivity index (χ0v) is 21.9. The fourth-order valence-electron chi connectivity index (χ4n) is 5.20. The molecule has 0 radical (unpaired) electrons. The van der Waals surface area contributed by atoms with Gasteiger partial charge in [-0.15, -0.1) is 0 Å². The van der Waals surface area contributed by atoms with Crippen molar-refractivity contribution < 1.29 is 4.57 Å². The van der Waals surface area contributed by atoms with E-state index in [4.69, 9.17) is 9.97 Å². The smallest absolute Gasteiger partial charge is 0.235 e. The van der Waals surface area contributed by atoms with Gasteiger partial charge in [-0.2, -0.15) is 0 Å². The average molecular weight is 522 g/mol. The number of hydrogen-bond donors (Lipinski definition) is 0. The molecule has 5 aromatic carbocycles. The molecule has 5 heteroatoms. The highest BCUT2D eigenvalue weighted by Crippen LogP contribution is 2.43. The van der Waals surface area contributed by atoms with Crippen molar-refractivity contribution in [2.45, 2.75) is 0 Å². The van der Waals surface area contributed by atoms with E-state index in [9.17, 15) is 4.57 Å². The van der Waals surface area contributed by atoms with E-state index in [2.05, 4.69) is 34.7 Å². The Labute approximate surface area is 226 Å². The van der Waals surface area contributed by atoms with Crippen LogP contribution in [0.2, 0.25) is 0 Å². The molecule has 7 rings (SSSR count). The normalized spacial score (nSPS) is 11.7. The maximum atomic E-state index is 15.0. The van der Waals surface area contributed by atoms with E-state index in [0.29, 0.717) is 5.78 Å². The van der Waals surface area contributed by atoms with Gasteiger partial charge in [0.05, 0.1) is 22.4 Å². The van der Waals surface area contributed by atoms with Gasteiger partial charge in [-0.1, -0.05) is 121 Å². The van der Waals surface area contributed by atoms with Crippen LogP contribution in [0.4, 0.5) is 0 Å². The molecule has 0 N–H and O–H groups in total. The van der Waals surface area contributed by atoms with Gasteiger partial charge in [-0.05, 0) is 29.8 Å². The second-order valence-corrected chi connectivity index (χ2v) is 12.2. The van der Waals surface area contributed by atoms with Gasteiger partial charge in [-0.25, -0.2) is 9.97 Å². The standard InChI is InChI=1S/C34H24N3OP/c38-39(27-17-9-3-10-18-27,28-19-11-4-12-20-28)29-21-22-32-31(23-29)36-34-35-30(25-13-5-1-6-14-25)24-33(37(32)34)26-15-7-2-8-16-26/h1-24H. The zero-order chi connectivity index (χ0) is 26.2. The van der Waals surface area contributed by atoms with E-state index in [1.54, 1.807) is 0 Å². The van der Waals surface area contributed by atoms with Crippen molar-refractivity contribution in [3.63, 3.8) is 0 Å². The minimum Gasteiger partial charge on any atom is -0.309 e. The van der Waals surface area contributed by atoms with Crippen molar-refractivity contribution in [3.8, 4) is 22.5 Å². The fraction of sp³-hybridized carbons (Fsp3) is 0. The Morgan fingerprint density at radius 2 is 1.05 bits per heavy atom. The van der Waals surface area contributed by atoms with Gasteiger partial charge in [0.15, 0.2) is 7.14 Å². The number of imidazole rings is 1. The first-order valence-electron chi connectivity index (χ1n) is 12.9. The van der Waals surface area contributed by atoms with Crippen molar-refractivity contribution in [2.75, 3.05) is 0 Å². The fourth-order valence-corrected chi connectivity index (χ4v) is 7.87. The van der Waals surface area contributed by atoms with Gasteiger partial charge in [0.25, 0.3) is 0 Å². The van der Waals surface area contributed by atoms with Crippen LogP contribution >= 0.6 is 7.14 Å². The predicted molar refractivity (Wildman–Crippen MR) is 161 cm³/mol. The summed E-state index contributed by atoms with van der Waals surface area (Å²) in [5.74, 6) is 0.608. The molecule has 0 unspecified atom stereocenters. The molecule has 0 fully saturated rings. The van der Waals surface area contributed by atoms with E-state index in [1.807, 2.05) is 115 Å².